The molecule has 1 aliphatic heterocycles. The minimum atomic E-state index is -0.0227. The smallest absolute Gasteiger partial charge is 0.237 e. The van der Waals surface area contributed by atoms with Gasteiger partial charge in [0, 0.05) is 43.0 Å². The van der Waals surface area contributed by atoms with Crippen LogP contribution in [0.25, 0.3) is 0 Å². The standard InChI is InChI=1S/C18H29N3OS/c1-15(21-11-9-20(2)10-12-21)17(22)19-14-18(7-3-4-8-18)16-6-5-13-23-16/h5-6,13,15H,3-4,7-12,14H2,1-2H3,(H,19,22). The van der Waals surface area contributed by atoms with E-state index in [9.17, 15) is 4.79 Å². The van der Waals surface area contributed by atoms with Crippen molar-refractivity contribution in [2.45, 2.75) is 44.1 Å². The number of nitrogens with zero attached hydrogens (tertiary/aromatic N) is 2. The van der Waals surface area contributed by atoms with Gasteiger partial charge in [0.15, 0.2) is 0 Å². The van der Waals surface area contributed by atoms with Crippen molar-refractivity contribution < 1.29 is 4.79 Å². The summed E-state index contributed by atoms with van der Waals surface area (Å²) in [5, 5.41) is 5.43. The lowest BCUT2D eigenvalue weighted by atomic mass is 9.84. The molecule has 2 fully saturated rings. The van der Waals surface area contributed by atoms with Gasteiger partial charge in [-0.25, -0.2) is 0 Å². The summed E-state index contributed by atoms with van der Waals surface area (Å²) < 4.78 is 0. The van der Waals surface area contributed by atoms with Crippen LogP contribution < -0.4 is 5.32 Å². The molecule has 1 aromatic heterocycles. The molecule has 0 aromatic carbocycles. The molecule has 1 unspecified atom stereocenters. The molecule has 2 aliphatic rings. The van der Waals surface area contributed by atoms with E-state index >= 15 is 0 Å². The van der Waals surface area contributed by atoms with Gasteiger partial charge in [-0.2, -0.15) is 0 Å². The molecule has 1 atom stereocenters. The Morgan fingerprint density at radius 3 is 2.61 bits per heavy atom. The molecule has 1 saturated carbocycles. The first-order valence-electron chi connectivity index (χ1n) is 8.85. The number of carbonyl (C=O) groups excluding carboxylic acids is 1. The van der Waals surface area contributed by atoms with E-state index in [-0.39, 0.29) is 17.4 Å². The summed E-state index contributed by atoms with van der Waals surface area (Å²) in [6.45, 7) is 6.92. The van der Waals surface area contributed by atoms with Gasteiger partial charge in [0.1, 0.15) is 0 Å². The largest absolute Gasteiger partial charge is 0.354 e. The Labute approximate surface area is 143 Å². The van der Waals surface area contributed by atoms with E-state index in [0.717, 1.165) is 32.7 Å². The lowest BCUT2D eigenvalue weighted by Crippen LogP contribution is -2.54. The normalized spacial score (nSPS) is 23.7. The Morgan fingerprint density at radius 1 is 1.30 bits per heavy atom. The van der Waals surface area contributed by atoms with Crippen molar-refractivity contribution in [3.05, 3.63) is 22.4 Å². The number of hydrogen-bond donors (Lipinski definition) is 1. The monoisotopic (exact) mass is 335 g/mol. The number of rotatable bonds is 5. The second-order valence-electron chi connectivity index (χ2n) is 7.20. The molecule has 1 aliphatic carbocycles. The van der Waals surface area contributed by atoms with Crippen LogP contribution in [0.4, 0.5) is 0 Å². The van der Waals surface area contributed by atoms with Crippen LogP contribution in [0.1, 0.15) is 37.5 Å². The molecule has 1 amide bonds. The third-order valence-electron chi connectivity index (χ3n) is 5.67. The molecule has 2 heterocycles. The molecule has 4 nitrogen and oxygen atoms in total. The third-order valence-corrected chi connectivity index (χ3v) is 6.79. The highest BCUT2D eigenvalue weighted by Gasteiger charge is 2.37. The molecule has 0 bridgehead atoms. The van der Waals surface area contributed by atoms with Crippen molar-refractivity contribution >= 4 is 17.2 Å². The summed E-state index contributed by atoms with van der Waals surface area (Å²) >= 11 is 1.84. The van der Waals surface area contributed by atoms with Crippen molar-refractivity contribution in [3.63, 3.8) is 0 Å². The third kappa shape index (κ3) is 3.78. The zero-order chi connectivity index (χ0) is 16.3. The van der Waals surface area contributed by atoms with E-state index in [1.807, 2.05) is 18.3 Å². The van der Waals surface area contributed by atoms with Crippen molar-refractivity contribution in [1.82, 2.24) is 15.1 Å². The van der Waals surface area contributed by atoms with E-state index in [2.05, 4.69) is 39.7 Å². The molecule has 3 rings (SSSR count). The summed E-state index contributed by atoms with van der Waals surface area (Å²) in [4.78, 5) is 18.7. The molecule has 1 saturated heterocycles. The zero-order valence-corrected chi connectivity index (χ0v) is 15.2. The van der Waals surface area contributed by atoms with Crippen molar-refractivity contribution in [2.75, 3.05) is 39.8 Å². The first-order chi connectivity index (χ1) is 11.1. The average Bonchev–Trinajstić information content (AvgIpc) is 3.24. The molecule has 128 valence electrons. The maximum Gasteiger partial charge on any atom is 0.237 e. The van der Waals surface area contributed by atoms with Crippen LogP contribution in [-0.2, 0) is 10.2 Å². The van der Waals surface area contributed by atoms with E-state index in [1.165, 1.54) is 30.6 Å². The van der Waals surface area contributed by atoms with Gasteiger partial charge in [0.25, 0.3) is 0 Å². The van der Waals surface area contributed by atoms with Crippen molar-refractivity contribution in [2.24, 2.45) is 0 Å². The second kappa shape index (κ2) is 7.32. The number of thiophene rings is 1. The van der Waals surface area contributed by atoms with Crippen molar-refractivity contribution in [1.29, 1.82) is 0 Å². The van der Waals surface area contributed by atoms with Crippen molar-refractivity contribution in [3.8, 4) is 0 Å². The zero-order valence-electron chi connectivity index (χ0n) is 14.4. The number of hydrogen-bond acceptors (Lipinski definition) is 4. The van der Waals surface area contributed by atoms with Gasteiger partial charge in [0.05, 0.1) is 6.04 Å². The van der Waals surface area contributed by atoms with Crippen LogP contribution in [0.15, 0.2) is 17.5 Å². The second-order valence-corrected chi connectivity index (χ2v) is 8.15. The Bertz CT molecular complexity index is 502. The van der Waals surface area contributed by atoms with Gasteiger partial charge in [-0.3, -0.25) is 9.69 Å². The highest BCUT2D eigenvalue weighted by atomic mass is 32.1. The lowest BCUT2D eigenvalue weighted by molar-refractivity contribution is -0.126. The fourth-order valence-corrected chi connectivity index (χ4v) is 4.91. The van der Waals surface area contributed by atoms with Gasteiger partial charge >= 0.3 is 0 Å². The predicted octanol–water partition coefficient (Wildman–Crippen LogP) is 2.31. The molecule has 0 radical (unpaired) electrons. The van der Waals surface area contributed by atoms with Gasteiger partial charge < -0.3 is 10.2 Å². The summed E-state index contributed by atoms with van der Waals surface area (Å²) in [7, 11) is 2.15. The minimum Gasteiger partial charge on any atom is -0.354 e. The summed E-state index contributed by atoms with van der Waals surface area (Å²) in [6, 6.07) is 4.35. The number of piperazine rings is 1. The summed E-state index contributed by atoms with van der Waals surface area (Å²) in [6.07, 6.45) is 4.97. The van der Waals surface area contributed by atoms with Crippen LogP contribution in [-0.4, -0.2) is 61.5 Å². The number of nitrogens with one attached hydrogen (secondary N) is 1. The Kier molecular flexibility index (Phi) is 5.39. The average molecular weight is 336 g/mol. The van der Waals surface area contributed by atoms with E-state index in [0.29, 0.717) is 0 Å². The number of amides is 1. The van der Waals surface area contributed by atoms with Crippen LogP contribution in [0.3, 0.4) is 0 Å². The Morgan fingerprint density at radius 2 is 2.00 bits per heavy atom. The number of likely N-dealkylation sites (N-methyl/N-ethyl adjacent to an activating group) is 1. The maximum atomic E-state index is 12.6. The fraction of sp³-hybridized carbons (Fsp3) is 0.722. The highest BCUT2D eigenvalue weighted by molar-refractivity contribution is 7.10. The summed E-state index contributed by atoms with van der Waals surface area (Å²) in [5.41, 5.74) is 0.186. The first kappa shape index (κ1) is 16.9. The molecule has 1 aromatic rings. The molecule has 5 heteroatoms. The van der Waals surface area contributed by atoms with Gasteiger partial charge in [-0.05, 0) is 38.3 Å². The van der Waals surface area contributed by atoms with E-state index in [1.54, 1.807) is 0 Å². The molecule has 23 heavy (non-hydrogen) atoms. The number of carbonyl (C=O) groups is 1. The quantitative estimate of drug-likeness (QED) is 0.897. The molecule has 1 N–H and O–H groups in total. The Balaban J connectivity index is 1.57. The van der Waals surface area contributed by atoms with Crippen LogP contribution >= 0.6 is 11.3 Å². The summed E-state index contributed by atoms with van der Waals surface area (Å²) in [5.74, 6) is 0.192. The van der Waals surface area contributed by atoms with Gasteiger partial charge in [-0.1, -0.05) is 18.9 Å². The van der Waals surface area contributed by atoms with Gasteiger partial charge in [0.2, 0.25) is 5.91 Å². The van der Waals surface area contributed by atoms with E-state index < -0.39 is 0 Å². The SMILES string of the molecule is CC(C(=O)NCC1(c2cccs2)CCCC1)N1CCN(C)CC1. The highest BCUT2D eigenvalue weighted by Crippen LogP contribution is 2.42. The predicted molar refractivity (Wildman–Crippen MR) is 96.0 cm³/mol. The van der Waals surface area contributed by atoms with Gasteiger partial charge in [-0.15, -0.1) is 11.3 Å². The maximum absolute atomic E-state index is 12.6. The fourth-order valence-electron chi connectivity index (χ4n) is 3.92. The van der Waals surface area contributed by atoms with Crippen LogP contribution in [0.5, 0.6) is 0 Å². The molecular weight excluding hydrogens is 306 g/mol. The Hall–Kier alpha value is -0.910. The first-order valence-corrected chi connectivity index (χ1v) is 9.73. The van der Waals surface area contributed by atoms with Crippen LogP contribution in [0.2, 0.25) is 0 Å². The topological polar surface area (TPSA) is 35.6 Å². The molecular formula is C18H29N3OS. The van der Waals surface area contributed by atoms with E-state index in [4.69, 9.17) is 0 Å². The minimum absolute atomic E-state index is 0.0227. The lowest BCUT2D eigenvalue weighted by Gasteiger charge is -2.36. The van der Waals surface area contributed by atoms with Crippen LogP contribution in [0, 0.1) is 0 Å². The molecule has 0 spiro atoms.